The van der Waals surface area contributed by atoms with Gasteiger partial charge in [0.05, 0.1) is 0 Å². The molecule has 2 N–H and O–H groups in total. The summed E-state index contributed by atoms with van der Waals surface area (Å²) in [4.78, 5) is 24.6. The smallest absolute Gasteiger partial charge is 0.317 e. The van der Waals surface area contributed by atoms with Gasteiger partial charge in [-0.15, -0.1) is 0 Å². The lowest BCUT2D eigenvalue weighted by atomic mass is 9.88. The number of carbonyl (C=O) groups is 2. The highest BCUT2D eigenvalue weighted by Crippen LogP contribution is 2.21. The van der Waals surface area contributed by atoms with E-state index in [1.165, 1.54) is 0 Å². The molecule has 5 heteroatoms. The van der Waals surface area contributed by atoms with Crippen molar-refractivity contribution >= 4 is 12.0 Å². The van der Waals surface area contributed by atoms with Crippen LogP contribution in [-0.4, -0.2) is 41.1 Å². The fourth-order valence-electron chi connectivity index (χ4n) is 2.16. The van der Waals surface area contributed by atoms with Gasteiger partial charge in [0.1, 0.15) is 0 Å². The molecule has 2 unspecified atom stereocenters. The van der Waals surface area contributed by atoms with Crippen LogP contribution in [-0.2, 0) is 4.79 Å². The third-order valence-electron chi connectivity index (χ3n) is 3.91. The Labute approximate surface area is 115 Å². The molecule has 1 fully saturated rings. The molecule has 0 aromatic heterocycles. The summed E-state index contributed by atoms with van der Waals surface area (Å²) in [5.74, 6) is -0.697. The summed E-state index contributed by atoms with van der Waals surface area (Å²) in [5.41, 5.74) is 0.0198. The lowest BCUT2D eigenvalue weighted by Crippen LogP contribution is -2.51. The molecule has 19 heavy (non-hydrogen) atoms. The Morgan fingerprint density at radius 1 is 1.42 bits per heavy atom. The van der Waals surface area contributed by atoms with Gasteiger partial charge in [-0.2, -0.15) is 0 Å². The number of hydrogen-bond donors (Lipinski definition) is 2. The van der Waals surface area contributed by atoms with Gasteiger partial charge in [0.15, 0.2) is 0 Å². The number of piperidine rings is 1. The number of rotatable bonds is 3. The second-order valence-corrected chi connectivity index (χ2v) is 6.59. The topological polar surface area (TPSA) is 69.6 Å². The number of amides is 2. The van der Waals surface area contributed by atoms with Crippen LogP contribution in [0.5, 0.6) is 0 Å². The first-order valence-electron chi connectivity index (χ1n) is 6.97. The average Bonchev–Trinajstić information content (AvgIpc) is 2.27. The van der Waals surface area contributed by atoms with E-state index in [2.05, 4.69) is 26.1 Å². The maximum atomic E-state index is 12.2. The molecular weight excluding hydrogens is 244 g/mol. The van der Waals surface area contributed by atoms with Gasteiger partial charge in [0.25, 0.3) is 0 Å². The number of urea groups is 1. The summed E-state index contributed by atoms with van der Waals surface area (Å²) in [6.45, 7) is 9.52. The zero-order chi connectivity index (χ0) is 14.6. The molecule has 1 heterocycles. The van der Waals surface area contributed by atoms with E-state index in [0.717, 1.165) is 19.4 Å². The van der Waals surface area contributed by atoms with Gasteiger partial charge in [-0.1, -0.05) is 20.8 Å². The second-order valence-electron chi connectivity index (χ2n) is 6.59. The molecule has 2 atom stereocenters. The SMILES string of the molecule is CC(NC(=O)N1CCCC(CC(=O)O)C1)C(C)(C)C. The maximum absolute atomic E-state index is 12.2. The molecule has 1 saturated heterocycles. The molecule has 1 aliphatic heterocycles. The van der Waals surface area contributed by atoms with Crippen molar-refractivity contribution in [3.63, 3.8) is 0 Å². The van der Waals surface area contributed by atoms with Gasteiger partial charge >= 0.3 is 12.0 Å². The van der Waals surface area contributed by atoms with Crippen LogP contribution < -0.4 is 5.32 Å². The van der Waals surface area contributed by atoms with Gasteiger partial charge in [0, 0.05) is 25.6 Å². The Bertz CT molecular complexity index is 336. The average molecular weight is 270 g/mol. The van der Waals surface area contributed by atoms with Crippen LogP contribution in [0, 0.1) is 11.3 Å². The van der Waals surface area contributed by atoms with Crippen molar-refractivity contribution in [1.82, 2.24) is 10.2 Å². The van der Waals surface area contributed by atoms with Crippen molar-refractivity contribution in [3.05, 3.63) is 0 Å². The molecule has 0 aromatic rings. The summed E-state index contributed by atoms with van der Waals surface area (Å²) < 4.78 is 0. The van der Waals surface area contributed by atoms with E-state index in [9.17, 15) is 9.59 Å². The largest absolute Gasteiger partial charge is 0.481 e. The van der Waals surface area contributed by atoms with Crippen molar-refractivity contribution in [2.75, 3.05) is 13.1 Å². The second kappa shape index (κ2) is 6.26. The Balaban J connectivity index is 2.50. The lowest BCUT2D eigenvalue weighted by Gasteiger charge is -2.35. The highest BCUT2D eigenvalue weighted by atomic mass is 16.4. The highest BCUT2D eigenvalue weighted by Gasteiger charge is 2.28. The Hall–Kier alpha value is -1.26. The third kappa shape index (κ3) is 5.09. The molecule has 0 saturated carbocycles. The molecule has 0 bridgehead atoms. The van der Waals surface area contributed by atoms with Gasteiger partial charge in [-0.25, -0.2) is 4.79 Å². The summed E-state index contributed by atoms with van der Waals surface area (Å²) in [6.07, 6.45) is 1.93. The van der Waals surface area contributed by atoms with E-state index >= 15 is 0 Å². The summed E-state index contributed by atoms with van der Waals surface area (Å²) in [6, 6.07) is 0.0114. The minimum absolute atomic E-state index is 0.0198. The Kier molecular flexibility index (Phi) is 5.20. The van der Waals surface area contributed by atoms with E-state index < -0.39 is 5.97 Å². The third-order valence-corrected chi connectivity index (χ3v) is 3.91. The fraction of sp³-hybridized carbons (Fsp3) is 0.857. The number of nitrogens with zero attached hydrogens (tertiary/aromatic N) is 1. The summed E-state index contributed by atoms with van der Waals surface area (Å²) in [7, 11) is 0. The van der Waals surface area contributed by atoms with Crippen molar-refractivity contribution in [3.8, 4) is 0 Å². The molecule has 0 aromatic carbocycles. The number of carbonyl (C=O) groups excluding carboxylic acids is 1. The van der Waals surface area contributed by atoms with Crippen LogP contribution in [0.2, 0.25) is 0 Å². The van der Waals surface area contributed by atoms with Crippen molar-refractivity contribution in [1.29, 1.82) is 0 Å². The standard InChI is InChI=1S/C14H26N2O3/c1-10(14(2,3)4)15-13(19)16-7-5-6-11(9-16)8-12(17)18/h10-11H,5-9H2,1-4H3,(H,15,19)(H,17,18). The highest BCUT2D eigenvalue weighted by molar-refractivity contribution is 5.75. The molecule has 2 amide bonds. The van der Waals surface area contributed by atoms with Crippen LogP contribution in [0.3, 0.4) is 0 Å². The molecule has 0 spiro atoms. The monoisotopic (exact) mass is 270 g/mol. The predicted octanol–water partition coefficient (Wildman–Crippen LogP) is 2.32. The van der Waals surface area contributed by atoms with Crippen LogP contribution in [0.25, 0.3) is 0 Å². The number of likely N-dealkylation sites (tertiary alicyclic amines) is 1. The van der Waals surface area contributed by atoms with E-state index in [4.69, 9.17) is 5.11 Å². The Morgan fingerprint density at radius 2 is 2.05 bits per heavy atom. The predicted molar refractivity (Wildman–Crippen MR) is 74.0 cm³/mol. The summed E-state index contributed by atoms with van der Waals surface area (Å²) in [5, 5.41) is 11.8. The number of carboxylic acids is 1. The molecule has 5 nitrogen and oxygen atoms in total. The first kappa shape index (κ1) is 15.8. The van der Waals surface area contributed by atoms with E-state index in [-0.39, 0.29) is 29.8 Å². The molecule has 1 aliphatic rings. The van der Waals surface area contributed by atoms with Crippen LogP contribution in [0.15, 0.2) is 0 Å². The summed E-state index contributed by atoms with van der Waals surface area (Å²) >= 11 is 0. The zero-order valence-electron chi connectivity index (χ0n) is 12.4. The number of carboxylic acid groups (broad SMARTS) is 1. The number of aliphatic carboxylic acids is 1. The molecular formula is C14H26N2O3. The van der Waals surface area contributed by atoms with Gasteiger partial charge in [-0.05, 0) is 31.1 Å². The molecule has 110 valence electrons. The van der Waals surface area contributed by atoms with Crippen molar-refractivity contribution < 1.29 is 14.7 Å². The van der Waals surface area contributed by atoms with E-state index in [1.807, 2.05) is 6.92 Å². The van der Waals surface area contributed by atoms with Crippen LogP contribution in [0.1, 0.15) is 47.0 Å². The molecule has 1 rings (SSSR count). The van der Waals surface area contributed by atoms with Gasteiger partial charge in [-0.3, -0.25) is 4.79 Å². The fourth-order valence-corrected chi connectivity index (χ4v) is 2.16. The maximum Gasteiger partial charge on any atom is 0.317 e. The number of hydrogen-bond acceptors (Lipinski definition) is 2. The van der Waals surface area contributed by atoms with Crippen LogP contribution in [0.4, 0.5) is 4.79 Å². The first-order chi connectivity index (χ1) is 8.70. The Morgan fingerprint density at radius 3 is 2.58 bits per heavy atom. The lowest BCUT2D eigenvalue weighted by molar-refractivity contribution is -0.138. The number of nitrogens with one attached hydrogen (secondary N) is 1. The normalized spacial score (nSPS) is 21.9. The minimum atomic E-state index is -0.782. The minimum Gasteiger partial charge on any atom is -0.481 e. The van der Waals surface area contributed by atoms with Gasteiger partial charge < -0.3 is 15.3 Å². The van der Waals surface area contributed by atoms with Crippen molar-refractivity contribution in [2.45, 2.75) is 53.0 Å². The quantitative estimate of drug-likeness (QED) is 0.827. The van der Waals surface area contributed by atoms with E-state index in [1.54, 1.807) is 4.90 Å². The first-order valence-corrected chi connectivity index (χ1v) is 6.97. The van der Waals surface area contributed by atoms with Crippen LogP contribution >= 0.6 is 0 Å². The molecule has 0 radical (unpaired) electrons. The molecule has 0 aliphatic carbocycles. The van der Waals surface area contributed by atoms with E-state index in [0.29, 0.717) is 6.54 Å². The van der Waals surface area contributed by atoms with Crippen molar-refractivity contribution in [2.24, 2.45) is 11.3 Å². The van der Waals surface area contributed by atoms with Gasteiger partial charge in [0.2, 0.25) is 0 Å². The zero-order valence-corrected chi connectivity index (χ0v) is 12.4.